The number of aromatic nitrogens is 4. The molecular weight excluding hydrogens is 481 g/mol. The number of rotatable bonds is 6. The highest BCUT2D eigenvalue weighted by atomic mass is 127. The molecule has 0 aliphatic heterocycles. The summed E-state index contributed by atoms with van der Waals surface area (Å²) >= 11 is 2.28. The Morgan fingerprint density at radius 1 is 1.21 bits per heavy atom. The minimum atomic E-state index is -0.267. The fourth-order valence-electron chi connectivity index (χ4n) is 6.49. The van der Waals surface area contributed by atoms with Gasteiger partial charge in [0.1, 0.15) is 6.54 Å². The predicted octanol–water partition coefficient (Wildman–Crippen LogP) is 3.87. The molecule has 2 aromatic rings. The van der Waals surface area contributed by atoms with Crippen LogP contribution in [0.2, 0.25) is 0 Å². The lowest BCUT2D eigenvalue weighted by atomic mass is 9.49. The Balaban J connectivity index is 1.16. The Labute approximate surface area is 184 Å². The van der Waals surface area contributed by atoms with Crippen LogP contribution in [-0.4, -0.2) is 32.4 Å². The van der Waals surface area contributed by atoms with Crippen molar-refractivity contribution in [1.82, 2.24) is 25.2 Å². The number of halogens is 1. The molecule has 29 heavy (non-hydrogen) atoms. The summed E-state index contributed by atoms with van der Waals surface area (Å²) in [6.07, 6.45) is 9.51. The first kappa shape index (κ1) is 19.5. The Morgan fingerprint density at radius 2 is 1.86 bits per heavy atom. The van der Waals surface area contributed by atoms with E-state index in [2.05, 4.69) is 43.1 Å². The van der Waals surface area contributed by atoms with Gasteiger partial charge in [0, 0.05) is 12.2 Å². The van der Waals surface area contributed by atoms with Gasteiger partial charge in [-0.05, 0) is 105 Å². The quantitative estimate of drug-likeness (QED) is 0.598. The first-order chi connectivity index (χ1) is 13.9. The number of carbonyl (C=O) groups is 1. The second kappa shape index (κ2) is 7.35. The van der Waals surface area contributed by atoms with Crippen molar-refractivity contribution in [2.24, 2.45) is 23.2 Å². The van der Waals surface area contributed by atoms with Crippen LogP contribution in [0.15, 0.2) is 4.52 Å². The van der Waals surface area contributed by atoms with Crippen LogP contribution in [0.5, 0.6) is 0 Å². The van der Waals surface area contributed by atoms with Gasteiger partial charge in [-0.2, -0.15) is 10.1 Å². The number of carbonyl (C=O) groups excluding carboxylic acids is 1. The van der Waals surface area contributed by atoms with E-state index in [0.29, 0.717) is 24.3 Å². The summed E-state index contributed by atoms with van der Waals surface area (Å²) in [6, 6.07) is 0. The lowest BCUT2D eigenvalue weighted by molar-refractivity contribution is -0.0564. The van der Waals surface area contributed by atoms with Crippen molar-refractivity contribution in [3.05, 3.63) is 26.7 Å². The molecule has 0 spiro atoms. The van der Waals surface area contributed by atoms with Crippen LogP contribution in [0.25, 0.3) is 0 Å². The van der Waals surface area contributed by atoms with E-state index < -0.39 is 0 Å². The van der Waals surface area contributed by atoms with E-state index in [4.69, 9.17) is 4.52 Å². The van der Waals surface area contributed by atoms with E-state index in [1.165, 1.54) is 38.5 Å². The molecule has 4 saturated carbocycles. The first-order valence-electron chi connectivity index (χ1n) is 10.7. The summed E-state index contributed by atoms with van der Waals surface area (Å²) in [4.78, 5) is 16.8. The van der Waals surface area contributed by atoms with Gasteiger partial charge in [0.2, 0.25) is 0 Å². The fraction of sp³-hybridized carbons (Fsp3) is 0.714. The van der Waals surface area contributed by atoms with E-state index in [9.17, 15) is 4.79 Å². The number of aryl methyl sites for hydroxylation is 1. The summed E-state index contributed by atoms with van der Waals surface area (Å²) in [5.74, 6) is 3.06. The number of nitrogens with one attached hydrogen (secondary N) is 1. The highest BCUT2D eigenvalue weighted by Gasteiger charge is 2.50. The maximum atomic E-state index is 12.5. The van der Waals surface area contributed by atoms with Crippen molar-refractivity contribution in [3.63, 3.8) is 0 Å². The minimum absolute atomic E-state index is 0.0433. The summed E-state index contributed by atoms with van der Waals surface area (Å²) in [7, 11) is 0. The van der Waals surface area contributed by atoms with E-state index in [1.54, 1.807) is 0 Å². The molecule has 1 amide bonds. The standard InChI is InChI=1S/C21H28IN5O2/c1-12-18(22)13(2)27(25-12)11-17-24-20(29-26-17)19(28)23-4-3-21-8-14-5-15(9-21)7-16(6-14)10-21/h14-16H,3-11H2,1-2H3,(H,23,28). The van der Waals surface area contributed by atoms with Crippen LogP contribution in [0, 0.1) is 40.6 Å². The van der Waals surface area contributed by atoms with Crippen LogP contribution in [0.1, 0.15) is 72.8 Å². The van der Waals surface area contributed by atoms with Crippen molar-refractivity contribution < 1.29 is 9.32 Å². The van der Waals surface area contributed by atoms with Gasteiger partial charge in [0.05, 0.1) is 9.26 Å². The molecular formula is C21H28IN5O2. The van der Waals surface area contributed by atoms with Crippen molar-refractivity contribution in [3.8, 4) is 0 Å². The largest absolute Gasteiger partial charge is 0.348 e. The fourth-order valence-corrected chi connectivity index (χ4v) is 6.87. The minimum Gasteiger partial charge on any atom is -0.348 e. The third-order valence-electron chi connectivity index (χ3n) is 7.35. The molecule has 156 valence electrons. The maximum absolute atomic E-state index is 12.5. The molecule has 0 radical (unpaired) electrons. The Kier molecular flexibility index (Phi) is 4.95. The number of nitrogens with zero attached hydrogens (tertiary/aromatic N) is 4. The lowest BCUT2D eigenvalue weighted by Gasteiger charge is -2.57. The zero-order valence-electron chi connectivity index (χ0n) is 17.1. The van der Waals surface area contributed by atoms with Crippen LogP contribution in [-0.2, 0) is 6.54 Å². The molecule has 0 aromatic carbocycles. The van der Waals surface area contributed by atoms with E-state index in [-0.39, 0.29) is 11.8 Å². The van der Waals surface area contributed by atoms with E-state index in [1.807, 2.05) is 18.5 Å². The van der Waals surface area contributed by atoms with Gasteiger partial charge in [-0.1, -0.05) is 5.16 Å². The van der Waals surface area contributed by atoms with Crippen LogP contribution in [0.4, 0.5) is 0 Å². The molecule has 1 N–H and O–H groups in total. The van der Waals surface area contributed by atoms with Gasteiger partial charge in [0.15, 0.2) is 5.82 Å². The summed E-state index contributed by atoms with van der Waals surface area (Å²) in [5, 5.41) is 11.5. The van der Waals surface area contributed by atoms with Gasteiger partial charge in [-0.25, -0.2) is 0 Å². The average Bonchev–Trinajstić information content (AvgIpc) is 3.22. The molecule has 6 rings (SSSR count). The third-order valence-corrected chi connectivity index (χ3v) is 8.91. The zero-order valence-corrected chi connectivity index (χ0v) is 19.2. The molecule has 7 nitrogen and oxygen atoms in total. The van der Waals surface area contributed by atoms with Gasteiger partial charge in [-0.3, -0.25) is 9.48 Å². The normalized spacial score (nSPS) is 30.1. The monoisotopic (exact) mass is 509 g/mol. The van der Waals surface area contributed by atoms with Gasteiger partial charge < -0.3 is 9.84 Å². The predicted molar refractivity (Wildman–Crippen MR) is 115 cm³/mol. The smallest absolute Gasteiger partial charge is 0.316 e. The molecule has 4 aliphatic carbocycles. The molecule has 4 bridgehead atoms. The molecule has 0 saturated heterocycles. The Hall–Kier alpha value is -1.45. The third kappa shape index (κ3) is 3.72. The van der Waals surface area contributed by atoms with Crippen molar-refractivity contribution in [2.45, 2.75) is 65.3 Å². The molecule has 8 heteroatoms. The zero-order chi connectivity index (χ0) is 20.2. The second-order valence-corrected chi connectivity index (χ2v) is 10.7. The van der Waals surface area contributed by atoms with Crippen molar-refractivity contribution in [1.29, 1.82) is 0 Å². The van der Waals surface area contributed by atoms with E-state index in [0.717, 1.165) is 39.1 Å². The molecule has 4 aliphatic rings. The van der Waals surface area contributed by atoms with Gasteiger partial charge >= 0.3 is 11.8 Å². The van der Waals surface area contributed by atoms with Crippen LogP contribution >= 0.6 is 22.6 Å². The van der Waals surface area contributed by atoms with Crippen molar-refractivity contribution in [2.75, 3.05) is 6.54 Å². The number of hydrogen-bond acceptors (Lipinski definition) is 5. The average molecular weight is 509 g/mol. The van der Waals surface area contributed by atoms with Gasteiger partial charge in [0.25, 0.3) is 0 Å². The lowest BCUT2D eigenvalue weighted by Crippen LogP contribution is -2.47. The summed E-state index contributed by atoms with van der Waals surface area (Å²) in [6.45, 7) is 5.09. The summed E-state index contributed by atoms with van der Waals surface area (Å²) < 4.78 is 8.18. The highest BCUT2D eigenvalue weighted by molar-refractivity contribution is 14.1. The Bertz CT molecular complexity index is 898. The molecule has 2 heterocycles. The number of hydrogen-bond donors (Lipinski definition) is 1. The molecule has 4 fully saturated rings. The van der Waals surface area contributed by atoms with Crippen LogP contribution in [0.3, 0.4) is 0 Å². The van der Waals surface area contributed by atoms with Crippen molar-refractivity contribution >= 4 is 28.5 Å². The molecule has 0 unspecified atom stereocenters. The highest BCUT2D eigenvalue weighted by Crippen LogP contribution is 2.61. The second-order valence-electron chi connectivity index (χ2n) is 9.58. The summed E-state index contributed by atoms with van der Waals surface area (Å²) in [5.41, 5.74) is 2.51. The Morgan fingerprint density at radius 3 is 2.45 bits per heavy atom. The van der Waals surface area contributed by atoms with Gasteiger partial charge in [-0.15, -0.1) is 0 Å². The first-order valence-corrected chi connectivity index (χ1v) is 11.8. The van der Waals surface area contributed by atoms with Crippen LogP contribution < -0.4 is 5.32 Å². The topological polar surface area (TPSA) is 85.8 Å². The van der Waals surface area contributed by atoms with E-state index >= 15 is 0 Å². The SMILES string of the molecule is Cc1nn(Cc2noc(C(=O)NCCC34CC5CC(CC(C5)C3)C4)n2)c(C)c1I. The molecule has 2 aromatic heterocycles. The number of amides is 1. The maximum Gasteiger partial charge on any atom is 0.316 e. The molecule has 0 atom stereocenters.